The van der Waals surface area contributed by atoms with E-state index in [1.807, 2.05) is 13.8 Å². The van der Waals surface area contributed by atoms with Gasteiger partial charge in [0.1, 0.15) is 5.75 Å². The number of aromatic nitrogens is 2. The number of sulfonamides is 1. The van der Waals surface area contributed by atoms with E-state index in [1.54, 1.807) is 16.9 Å². The maximum atomic E-state index is 10.8. The first-order valence-corrected chi connectivity index (χ1v) is 6.18. The molecule has 0 amide bonds. The number of nitrogens with two attached hydrogens (primary N) is 1. The molecule has 0 spiro atoms. The molecule has 14 heavy (non-hydrogen) atoms. The quantitative estimate of drug-likeness (QED) is 0.804. The topological polar surface area (TPSA) is 78.0 Å². The van der Waals surface area contributed by atoms with E-state index >= 15 is 0 Å². The van der Waals surface area contributed by atoms with E-state index in [-0.39, 0.29) is 11.8 Å². The lowest BCUT2D eigenvalue weighted by molar-refractivity contribution is 0.475. The Hall–Kier alpha value is -0.880. The van der Waals surface area contributed by atoms with Crippen LogP contribution in [0.15, 0.2) is 12.3 Å². The van der Waals surface area contributed by atoms with Crippen molar-refractivity contribution in [2.45, 2.75) is 32.1 Å². The molecule has 0 aliphatic carbocycles. The molecule has 0 saturated heterocycles. The van der Waals surface area contributed by atoms with E-state index in [2.05, 4.69) is 5.10 Å². The lowest BCUT2D eigenvalue weighted by Crippen LogP contribution is -2.15. The molecular weight excluding hydrogens is 202 g/mol. The minimum absolute atomic E-state index is 0.198. The van der Waals surface area contributed by atoms with Crippen molar-refractivity contribution in [3.8, 4) is 0 Å². The molecule has 1 atom stereocenters. The van der Waals surface area contributed by atoms with Crippen LogP contribution in [0, 0.1) is 0 Å². The highest BCUT2D eigenvalue weighted by molar-refractivity contribution is 7.88. The van der Waals surface area contributed by atoms with Crippen molar-refractivity contribution in [3.63, 3.8) is 0 Å². The molecule has 1 rings (SSSR count). The monoisotopic (exact) mass is 217 g/mol. The molecule has 5 nitrogen and oxygen atoms in total. The highest BCUT2D eigenvalue weighted by Crippen LogP contribution is 2.09. The van der Waals surface area contributed by atoms with Gasteiger partial charge in [0.05, 0.1) is 5.69 Å². The lowest BCUT2D eigenvalue weighted by Gasteiger charge is -2.07. The van der Waals surface area contributed by atoms with Crippen LogP contribution in [0.25, 0.3) is 0 Å². The Balaban J connectivity index is 2.79. The SMILES string of the molecule is CCC(C)n1ccc(CS(N)(=O)=O)n1. The zero-order valence-corrected chi connectivity index (χ0v) is 9.16. The van der Waals surface area contributed by atoms with Crippen LogP contribution in [0.3, 0.4) is 0 Å². The predicted octanol–water partition coefficient (Wildman–Crippen LogP) is 0.643. The molecule has 0 aliphatic rings. The molecule has 80 valence electrons. The normalized spacial score (nSPS) is 14.2. The number of nitrogens with zero attached hydrogens (tertiary/aromatic N) is 2. The average molecular weight is 217 g/mol. The highest BCUT2D eigenvalue weighted by Gasteiger charge is 2.09. The third-order valence-corrected chi connectivity index (χ3v) is 2.75. The smallest absolute Gasteiger partial charge is 0.214 e. The van der Waals surface area contributed by atoms with Crippen molar-refractivity contribution in [2.24, 2.45) is 5.14 Å². The molecule has 0 saturated carbocycles. The Morgan fingerprint density at radius 1 is 1.64 bits per heavy atom. The summed E-state index contributed by atoms with van der Waals surface area (Å²) >= 11 is 0. The molecule has 1 unspecified atom stereocenters. The largest absolute Gasteiger partial charge is 0.270 e. The maximum absolute atomic E-state index is 10.8. The molecule has 0 fully saturated rings. The fourth-order valence-corrected chi connectivity index (χ4v) is 1.66. The van der Waals surface area contributed by atoms with Crippen molar-refractivity contribution < 1.29 is 8.42 Å². The molecular formula is C8H15N3O2S. The minimum Gasteiger partial charge on any atom is -0.270 e. The molecule has 6 heteroatoms. The molecule has 1 aromatic rings. The molecule has 0 aliphatic heterocycles. The number of primary sulfonamides is 1. The van der Waals surface area contributed by atoms with E-state index in [0.717, 1.165) is 6.42 Å². The van der Waals surface area contributed by atoms with E-state index in [9.17, 15) is 8.42 Å². The summed E-state index contributed by atoms with van der Waals surface area (Å²) in [6.45, 7) is 4.07. The number of hydrogen-bond donors (Lipinski definition) is 1. The Morgan fingerprint density at radius 3 is 2.79 bits per heavy atom. The molecule has 1 heterocycles. The van der Waals surface area contributed by atoms with Gasteiger partial charge in [0.15, 0.2) is 0 Å². The summed E-state index contributed by atoms with van der Waals surface area (Å²) in [5.41, 5.74) is 0.493. The Labute approximate surface area is 84.0 Å². The van der Waals surface area contributed by atoms with Crippen molar-refractivity contribution in [1.29, 1.82) is 0 Å². The zero-order chi connectivity index (χ0) is 10.8. The van der Waals surface area contributed by atoms with E-state index in [0.29, 0.717) is 5.69 Å². The van der Waals surface area contributed by atoms with Crippen LogP contribution in [-0.4, -0.2) is 18.2 Å². The van der Waals surface area contributed by atoms with Gasteiger partial charge in [-0.1, -0.05) is 6.92 Å². The highest BCUT2D eigenvalue weighted by atomic mass is 32.2. The van der Waals surface area contributed by atoms with Gasteiger partial charge in [-0.2, -0.15) is 5.10 Å². The molecule has 0 radical (unpaired) electrons. The molecule has 0 aromatic carbocycles. The van der Waals surface area contributed by atoms with E-state index < -0.39 is 10.0 Å². The first kappa shape index (κ1) is 11.2. The third-order valence-electron chi connectivity index (χ3n) is 2.06. The zero-order valence-electron chi connectivity index (χ0n) is 8.34. The fraction of sp³-hybridized carbons (Fsp3) is 0.625. The first-order chi connectivity index (χ1) is 6.42. The third kappa shape index (κ3) is 3.12. The summed E-state index contributed by atoms with van der Waals surface area (Å²) in [5.74, 6) is -0.198. The average Bonchev–Trinajstić information content (AvgIpc) is 2.48. The van der Waals surface area contributed by atoms with Crippen LogP contribution in [0.1, 0.15) is 32.0 Å². The predicted molar refractivity (Wildman–Crippen MR) is 54.0 cm³/mol. The van der Waals surface area contributed by atoms with Crippen molar-refractivity contribution in [3.05, 3.63) is 18.0 Å². The van der Waals surface area contributed by atoms with E-state index in [4.69, 9.17) is 5.14 Å². The molecule has 0 bridgehead atoms. The van der Waals surface area contributed by atoms with Gasteiger partial charge in [-0.3, -0.25) is 4.68 Å². The second-order valence-corrected chi connectivity index (χ2v) is 4.97. The van der Waals surface area contributed by atoms with Crippen LogP contribution in [0.4, 0.5) is 0 Å². The number of hydrogen-bond acceptors (Lipinski definition) is 3. The summed E-state index contributed by atoms with van der Waals surface area (Å²) < 4.78 is 23.3. The molecule has 2 N–H and O–H groups in total. The standard InChI is InChI=1S/C8H15N3O2S/c1-3-7(2)11-5-4-8(10-11)6-14(9,12)13/h4-5,7H,3,6H2,1-2H3,(H2,9,12,13). The number of rotatable bonds is 4. The van der Waals surface area contributed by atoms with Gasteiger partial charge in [-0.15, -0.1) is 0 Å². The van der Waals surface area contributed by atoms with Gasteiger partial charge in [0.25, 0.3) is 0 Å². The first-order valence-electron chi connectivity index (χ1n) is 4.47. The second kappa shape index (κ2) is 4.10. The summed E-state index contributed by atoms with van der Waals surface area (Å²) in [4.78, 5) is 0. The van der Waals surface area contributed by atoms with Gasteiger partial charge in [0, 0.05) is 12.2 Å². The lowest BCUT2D eigenvalue weighted by atomic mass is 10.3. The van der Waals surface area contributed by atoms with Gasteiger partial charge in [-0.25, -0.2) is 13.6 Å². The van der Waals surface area contributed by atoms with Gasteiger partial charge in [0.2, 0.25) is 10.0 Å². The van der Waals surface area contributed by atoms with Crippen LogP contribution in [0.2, 0.25) is 0 Å². The fourth-order valence-electron chi connectivity index (χ4n) is 1.09. The van der Waals surface area contributed by atoms with Gasteiger partial charge >= 0.3 is 0 Å². The van der Waals surface area contributed by atoms with Crippen LogP contribution >= 0.6 is 0 Å². The van der Waals surface area contributed by atoms with Crippen LogP contribution in [-0.2, 0) is 15.8 Å². The van der Waals surface area contributed by atoms with Crippen LogP contribution in [0.5, 0.6) is 0 Å². The minimum atomic E-state index is -3.47. The summed E-state index contributed by atoms with van der Waals surface area (Å²) in [7, 11) is -3.47. The molecule has 1 aromatic heterocycles. The Kier molecular flexibility index (Phi) is 3.28. The summed E-state index contributed by atoms with van der Waals surface area (Å²) in [6.07, 6.45) is 2.73. The second-order valence-electron chi connectivity index (χ2n) is 3.35. The Morgan fingerprint density at radius 2 is 2.29 bits per heavy atom. The Bertz CT molecular complexity index is 396. The summed E-state index contributed by atoms with van der Waals surface area (Å²) in [6, 6.07) is 1.96. The van der Waals surface area contributed by atoms with Gasteiger partial charge < -0.3 is 0 Å². The van der Waals surface area contributed by atoms with E-state index in [1.165, 1.54) is 0 Å². The van der Waals surface area contributed by atoms with Gasteiger partial charge in [-0.05, 0) is 19.4 Å². The van der Waals surface area contributed by atoms with Crippen molar-refractivity contribution >= 4 is 10.0 Å². The van der Waals surface area contributed by atoms with Crippen molar-refractivity contribution in [1.82, 2.24) is 9.78 Å². The van der Waals surface area contributed by atoms with Crippen molar-refractivity contribution in [2.75, 3.05) is 0 Å². The maximum Gasteiger partial charge on any atom is 0.214 e. The van der Waals surface area contributed by atoms with Crippen LogP contribution < -0.4 is 5.14 Å². The summed E-state index contributed by atoms with van der Waals surface area (Å²) in [5, 5.41) is 9.03.